The smallest absolute Gasteiger partial charge is 0.0979 e. The maximum absolute atomic E-state index is 5.67. The van der Waals surface area contributed by atoms with Gasteiger partial charge in [0.25, 0.3) is 0 Å². The third kappa shape index (κ3) is 6.84. The minimum Gasteiger partial charge on any atom is -0.264 e. The van der Waals surface area contributed by atoms with Crippen molar-refractivity contribution in [2.75, 3.05) is 0 Å². The molecular formula is C54H36N4. The lowest BCUT2D eigenvalue weighted by Crippen LogP contribution is -1.99. The average Bonchev–Trinajstić information content (AvgIpc) is 3.32. The molecular weight excluding hydrogens is 705 g/mol. The van der Waals surface area contributed by atoms with Crippen LogP contribution in [0.4, 0.5) is 0 Å². The molecule has 10 rings (SSSR count). The van der Waals surface area contributed by atoms with Crippen LogP contribution < -0.4 is 0 Å². The number of pyridine rings is 2. The van der Waals surface area contributed by atoms with E-state index in [4.69, 9.17) is 9.97 Å². The number of hydrogen-bond donors (Lipinski definition) is 0. The summed E-state index contributed by atoms with van der Waals surface area (Å²) in [5, 5.41) is 0. The molecule has 4 heteroatoms. The minimum absolute atomic E-state index is 0.815. The van der Waals surface area contributed by atoms with Gasteiger partial charge in [-0.3, -0.25) is 9.97 Å². The molecule has 3 aromatic heterocycles. The highest BCUT2D eigenvalue weighted by molar-refractivity contribution is 6.03. The molecule has 0 aliphatic heterocycles. The summed E-state index contributed by atoms with van der Waals surface area (Å²) in [5.74, 6) is 0. The van der Waals surface area contributed by atoms with Crippen LogP contribution in [0, 0.1) is 0 Å². The van der Waals surface area contributed by atoms with Crippen molar-refractivity contribution in [2.45, 2.75) is 0 Å². The Labute approximate surface area is 337 Å². The molecule has 3 heterocycles. The second kappa shape index (κ2) is 15.4. The Kier molecular flexibility index (Phi) is 9.18. The van der Waals surface area contributed by atoms with Crippen molar-refractivity contribution in [3.63, 3.8) is 0 Å². The fourth-order valence-corrected chi connectivity index (χ4v) is 7.71. The molecule has 10 aromatic rings. The lowest BCUT2D eigenvalue weighted by Gasteiger charge is -2.17. The van der Waals surface area contributed by atoms with Gasteiger partial charge in [-0.1, -0.05) is 170 Å². The normalized spacial score (nSPS) is 11.1. The van der Waals surface area contributed by atoms with Gasteiger partial charge in [0.2, 0.25) is 0 Å². The number of aromatic nitrogens is 4. The van der Waals surface area contributed by atoms with Crippen molar-refractivity contribution in [3.8, 4) is 89.3 Å². The highest BCUT2D eigenvalue weighted by Crippen LogP contribution is 2.41. The molecule has 58 heavy (non-hydrogen) atoms. The van der Waals surface area contributed by atoms with Gasteiger partial charge in [-0.15, -0.1) is 0 Å². The molecule has 7 aromatic carbocycles. The van der Waals surface area contributed by atoms with Crippen LogP contribution in [0.5, 0.6) is 0 Å². The Morgan fingerprint density at radius 1 is 0.241 bits per heavy atom. The van der Waals surface area contributed by atoms with Crippen molar-refractivity contribution < 1.29 is 0 Å². The highest BCUT2D eigenvalue weighted by Gasteiger charge is 2.20. The van der Waals surface area contributed by atoms with Crippen LogP contribution in [0.3, 0.4) is 0 Å². The molecule has 0 saturated carbocycles. The molecule has 0 atom stereocenters. The standard InChI is InChI=1S/C54H36N4/c1-3-11-37(12-4-1)43-15-7-17-45(33-43)49-29-30-50(46-18-8-16-44(34-46)38-13-5-2-6-14-38)54-53(49)57-51(41-25-21-39(22-26-41)47-19-9-31-55-35-47)52(58-54)42-27-23-40(24-28-42)48-20-10-32-56-36-48/h1-36H. The maximum atomic E-state index is 5.67. The summed E-state index contributed by atoms with van der Waals surface area (Å²) in [6, 6.07) is 68.2. The zero-order chi connectivity index (χ0) is 38.7. The molecule has 0 bridgehead atoms. The van der Waals surface area contributed by atoms with Gasteiger partial charge < -0.3 is 0 Å². The van der Waals surface area contributed by atoms with Crippen LogP contribution in [0.15, 0.2) is 219 Å². The molecule has 0 spiro atoms. The van der Waals surface area contributed by atoms with Gasteiger partial charge in [-0.05, 0) is 79.9 Å². The van der Waals surface area contributed by atoms with E-state index >= 15 is 0 Å². The molecule has 0 aliphatic rings. The molecule has 0 aliphatic carbocycles. The first kappa shape index (κ1) is 34.7. The minimum atomic E-state index is 0.815. The van der Waals surface area contributed by atoms with Crippen molar-refractivity contribution >= 4 is 11.0 Å². The third-order valence-corrected chi connectivity index (χ3v) is 10.7. The Bertz CT molecular complexity index is 2790. The first-order valence-corrected chi connectivity index (χ1v) is 19.4. The van der Waals surface area contributed by atoms with Gasteiger partial charge in [0.15, 0.2) is 0 Å². The van der Waals surface area contributed by atoms with Gasteiger partial charge in [0, 0.05) is 47.0 Å². The van der Waals surface area contributed by atoms with Crippen LogP contribution in [-0.2, 0) is 0 Å². The van der Waals surface area contributed by atoms with E-state index in [0.29, 0.717) is 0 Å². The largest absolute Gasteiger partial charge is 0.264 e. The average molecular weight is 741 g/mol. The first-order chi connectivity index (χ1) is 28.7. The number of hydrogen-bond acceptors (Lipinski definition) is 4. The number of nitrogens with zero attached hydrogens (tertiary/aromatic N) is 4. The monoisotopic (exact) mass is 740 g/mol. The quantitative estimate of drug-likeness (QED) is 0.156. The molecule has 0 N–H and O–H groups in total. The molecule has 0 radical (unpaired) electrons. The lowest BCUT2D eigenvalue weighted by atomic mass is 9.93. The van der Waals surface area contributed by atoms with Gasteiger partial charge >= 0.3 is 0 Å². The molecule has 4 nitrogen and oxygen atoms in total. The lowest BCUT2D eigenvalue weighted by molar-refractivity contribution is 1.29. The van der Waals surface area contributed by atoms with Gasteiger partial charge in [-0.25, -0.2) is 9.97 Å². The highest BCUT2D eigenvalue weighted by atomic mass is 14.8. The molecule has 0 fully saturated rings. The third-order valence-electron chi connectivity index (χ3n) is 10.7. The van der Waals surface area contributed by atoms with Crippen molar-refractivity contribution in [1.29, 1.82) is 0 Å². The summed E-state index contributed by atoms with van der Waals surface area (Å²) >= 11 is 0. The number of fused-ring (bicyclic) bond motifs is 1. The number of rotatable bonds is 8. The molecule has 0 saturated heterocycles. The second-order valence-electron chi connectivity index (χ2n) is 14.3. The molecule has 0 amide bonds. The van der Waals surface area contributed by atoms with Crippen LogP contribution in [0.1, 0.15) is 0 Å². The predicted molar refractivity (Wildman–Crippen MR) is 239 cm³/mol. The zero-order valence-electron chi connectivity index (χ0n) is 31.6. The number of benzene rings is 7. The predicted octanol–water partition coefficient (Wildman–Crippen LogP) is 13.8. The van der Waals surface area contributed by atoms with Crippen molar-refractivity contribution in [2.24, 2.45) is 0 Å². The zero-order valence-corrected chi connectivity index (χ0v) is 31.6. The van der Waals surface area contributed by atoms with Crippen LogP contribution in [0.25, 0.3) is 100 Å². The van der Waals surface area contributed by atoms with Gasteiger partial charge in [0.1, 0.15) is 0 Å². The van der Waals surface area contributed by atoms with Crippen molar-refractivity contribution in [3.05, 3.63) is 219 Å². The molecule has 0 unspecified atom stereocenters. The topological polar surface area (TPSA) is 51.6 Å². The van der Waals surface area contributed by atoms with E-state index in [2.05, 4.69) is 192 Å². The summed E-state index contributed by atoms with van der Waals surface area (Å²) in [5.41, 5.74) is 18.4. The van der Waals surface area contributed by atoms with Crippen LogP contribution in [0.2, 0.25) is 0 Å². The van der Waals surface area contributed by atoms with Crippen LogP contribution in [-0.4, -0.2) is 19.9 Å². The Morgan fingerprint density at radius 2 is 0.586 bits per heavy atom. The van der Waals surface area contributed by atoms with E-state index < -0.39 is 0 Å². The Balaban J connectivity index is 1.21. The summed E-state index contributed by atoms with van der Waals surface area (Å²) in [4.78, 5) is 20.0. The molecule has 272 valence electrons. The second-order valence-corrected chi connectivity index (χ2v) is 14.3. The van der Waals surface area contributed by atoms with Crippen LogP contribution >= 0.6 is 0 Å². The van der Waals surface area contributed by atoms with Crippen molar-refractivity contribution in [1.82, 2.24) is 19.9 Å². The fourth-order valence-electron chi connectivity index (χ4n) is 7.71. The van der Waals surface area contributed by atoms with E-state index in [1.54, 1.807) is 12.4 Å². The van der Waals surface area contributed by atoms with E-state index in [1.165, 1.54) is 11.1 Å². The summed E-state index contributed by atoms with van der Waals surface area (Å²) in [6.45, 7) is 0. The Morgan fingerprint density at radius 3 is 0.983 bits per heavy atom. The van der Waals surface area contributed by atoms with E-state index in [0.717, 1.165) is 89.2 Å². The van der Waals surface area contributed by atoms with E-state index in [1.807, 2.05) is 24.5 Å². The Hall–Kier alpha value is -7.82. The van der Waals surface area contributed by atoms with E-state index in [9.17, 15) is 0 Å². The maximum Gasteiger partial charge on any atom is 0.0979 e. The van der Waals surface area contributed by atoms with E-state index in [-0.39, 0.29) is 0 Å². The summed E-state index contributed by atoms with van der Waals surface area (Å²) in [6.07, 6.45) is 7.38. The first-order valence-electron chi connectivity index (χ1n) is 19.4. The summed E-state index contributed by atoms with van der Waals surface area (Å²) in [7, 11) is 0. The summed E-state index contributed by atoms with van der Waals surface area (Å²) < 4.78 is 0. The van der Waals surface area contributed by atoms with Gasteiger partial charge in [-0.2, -0.15) is 0 Å². The van der Waals surface area contributed by atoms with Gasteiger partial charge in [0.05, 0.1) is 22.4 Å². The fraction of sp³-hybridized carbons (Fsp3) is 0. The SMILES string of the molecule is c1ccc(-c2cccc(-c3ccc(-c4cccc(-c5ccccc5)c4)c4nc(-c5ccc(-c6cccnc6)cc5)c(-c5ccc(-c6cccnc6)cc5)nc34)c2)cc1.